The zero-order valence-corrected chi connectivity index (χ0v) is 13.5. The third kappa shape index (κ3) is 3.57. The summed E-state index contributed by atoms with van der Waals surface area (Å²) >= 11 is 12.2. The van der Waals surface area contributed by atoms with Gasteiger partial charge in [0, 0.05) is 21.7 Å². The quantitative estimate of drug-likeness (QED) is 0.831. The molecular formula is C16H19Cl2NO. The fourth-order valence-electron chi connectivity index (χ4n) is 2.44. The van der Waals surface area contributed by atoms with E-state index in [1.807, 2.05) is 26.0 Å². The molecule has 1 aromatic carbocycles. The Morgan fingerprint density at radius 1 is 1.20 bits per heavy atom. The maximum atomic E-state index is 6.27. The van der Waals surface area contributed by atoms with Gasteiger partial charge in [0.25, 0.3) is 0 Å². The number of rotatable bonds is 5. The van der Waals surface area contributed by atoms with E-state index < -0.39 is 0 Å². The first-order valence-electron chi connectivity index (χ1n) is 6.75. The lowest BCUT2D eigenvalue weighted by Gasteiger charge is -2.18. The van der Waals surface area contributed by atoms with Crippen molar-refractivity contribution in [3.05, 3.63) is 57.0 Å². The second-order valence-electron chi connectivity index (χ2n) is 4.92. The van der Waals surface area contributed by atoms with Gasteiger partial charge in [-0.2, -0.15) is 0 Å². The van der Waals surface area contributed by atoms with Gasteiger partial charge in [0.05, 0.1) is 0 Å². The molecule has 0 aliphatic carbocycles. The number of furan rings is 1. The van der Waals surface area contributed by atoms with Crippen molar-refractivity contribution in [2.45, 2.75) is 33.2 Å². The van der Waals surface area contributed by atoms with E-state index in [2.05, 4.69) is 18.3 Å². The molecule has 1 atom stereocenters. The fraction of sp³-hybridized carbons (Fsp3) is 0.375. The third-order valence-electron chi connectivity index (χ3n) is 3.34. The summed E-state index contributed by atoms with van der Waals surface area (Å²) in [5.74, 6) is 1.89. The topological polar surface area (TPSA) is 25.2 Å². The average Bonchev–Trinajstić information content (AvgIpc) is 2.71. The number of halogens is 2. The SMILES string of the molecule is CCNC(Cc1ccc(Cl)cc1Cl)c1cc(C)oc1C. The summed E-state index contributed by atoms with van der Waals surface area (Å²) in [6.45, 7) is 6.95. The van der Waals surface area contributed by atoms with Crippen molar-refractivity contribution in [1.29, 1.82) is 0 Å². The first kappa shape index (κ1) is 15.4. The van der Waals surface area contributed by atoms with Gasteiger partial charge in [-0.25, -0.2) is 0 Å². The molecular weight excluding hydrogens is 293 g/mol. The van der Waals surface area contributed by atoms with Crippen molar-refractivity contribution in [3.8, 4) is 0 Å². The fourth-order valence-corrected chi connectivity index (χ4v) is 2.93. The molecule has 2 rings (SSSR count). The Kier molecular flexibility index (Phi) is 5.14. The van der Waals surface area contributed by atoms with E-state index in [9.17, 15) is 0 Å². The molecule has 20 heavy (non-hydrogen) atoms. The number of likely N-dealkylation sites (N-methyl/N-ethyl adjacent to an activating group) is 1. The van der Waals surface area contributed by atoms with E-state index in [1.165, 1.54) is 5.56 Å². The van der Waals surface area contributed by atoms with Gasteiger partial charge in [-0.05, 0) is 50.6 Å². The highest BCUT2D eigenvalue weighted by molar-refractivity contribution is 6.35. The summed E-state index contributed by atoms with van der Waals surface area (Å²) in [6.07, 6.45) is 0.809. The molecule has 0 amide bonds. The Morgan fingerprint density at radius 3 is 2.50 bits per heavy atom. The molecule has 4 heteroatoms. The molecule has 0 aliphatic heterocycles. The van der Waals surface area contributed by atoms with Gasteiger partial charge < -0.3 is 9.73 Å². The summed E-state index contributed by atoms with van der Waals surface area (Å²) in [7, 11) is 0. The van der Waals surface area contributed by atoms with Crippen molar-refractivity contribution < 1.29 is 4.42 Å². The zero-order valence-electron chi connectivity index (χ0n) is 12.0. The van der Waals surface area contributed by atoms with Crippen LogP contribution >= 0.6 is 23.2 Å². The van der Waals surface area contributed by atoms with Crippen LogP contribution < -0.4 is 5.32 Å². The Balaban J connectivity index is 2.27. The number of aryl methyl sites for hydroxylation is 2. The highest BCUT2D eigenvalue weighted by Crippen LogP contribution is 2.28. The van der Waals surface area contributed by atoms with E-state index in [4.69, 9.17) is 27.6 Å². The van der Waals surface area contributed by atoms with Gasteiger partial charge in [-0.1, -0.05) is 36.2 Å². The van der Waals surface area contributed by atoms with Crippen LogP contribution in [0.5, 0.6) is 0 Å². The van der Waals surface area contributed by atoms with Gasteiger partial charge in [0.2, 0.25) is 0 Å². The molecule has 0 bridgehead atoms. The predicted octanol–water partition coefficient (Wildman–Crippen LogP) is 5.10. The summed E-state index contributed by atoms with van der Waals surface area (Å²) in [5.41, 5.74) is 2.27. The molecule has 1 aromatic heterocycles. The van der Waals surface area contributed by atoms with Crippen LogP contribution in [0.4, 0.5) is 0 Å². The standard InChI is InChI=1S/C16H19Cl2NO/c1-4-19-16(14-7-10(2)20-11(14)3)8-12-5-6-13(17)9-15(12)18/h5-7,9,16,19H,4,8H2,1-3H3. The number of hydrogen-bond acceptors (Lipinski definition) is 2. The summed E-state index contributed by atoms with van der Waals surface area (Å²) in [4.78, 5) is 0. The van der Waals surface area contributed by atoms with Crippen molar-refractivity contribution in [2.24, 2.45) is 0 Å². The summed E-state index contributed by atoms with van der Waals surface area (Å²) < 4.78 is 5.63. The molecule has 0 radical (unpaired) electrons. The molecule has 108 valence electrons. The molecule has 0 saturated heterocycles. The lowest BCUT2D eigenvalue weighted by atomic mass is 9.99. The summed E-state index contributed by atoms with van der Waals surface area (Å²) in [5, 5.41) is 4.86. The second-order valence-corrected chi connectivity index (χ2v) is 5.76. The van der Waals surface area contributed by atoms with Gasteiger partial charge in [0.1, 0.15) is 11.5 Å². The van der Waals surface area contributed by atoms with E-state index in [1.54, 1.807) is 6.07 Å². The Bertz CT molecular complexity index is 592. The van der Waals surface area contributed by atoms with Crippen LogP contribution in [0.1, 0.15) is 35.6 Å². The largest absolute Gasteiger partial charge is 0.466 e. The minimum absolute atomic E-state index is 0.191. The smallest absolute Gasteiger partial charge is 0.105 e. The van der Waals surface area contributed by atoms with E-state index in [0.717, 1.165) is 30.0 Å². The Hall–Kier alpha value is -0.960. The second kappa shape index (κ2) is 6.66. The van der Waals surface area contributed by atoms with Crippen molar-refractivity contribution in [1.82, 2.24) is 5.32 Å². The minimum Gasteiger partial charge on any atom is -0.466 e. The number of hydrogen-bond donors (Lipinski definition) is 1. The lowest BCUT2D eigenvalue weighted by molar-refractivity contribution is 0.484. The van der Waals surface area contributed by atoms with Gasteiger partial charge in [-0.3, -0.25) is 0 Å². The van der Waals surface area contributed by atoms with Gasteiger partial charge >= 0.3 is 0 Å². The first-order chi connectivity index (χ1) is 9.51. The van der Waals surface area contributed by atoms with Crippen LogP contribution in [-0.4, -0.2) is 6.54 Å². The molecule has 0 fully saturated rings. The lowest BCUT2D eigenvalue weighted by Crippen LogP contribution is -2.23. The van der Waals surface area contributed by atoms with Crippen LogP contribution in [0.2, 0.25) is 10.0 Å². The van der Waals surface area contributed by atoms with Crippen LogP contribution in [-0.2, 0) is 6.42 Å². The van der Waals surface area contributed by atoms with Crippen molar-refractivity contribution >= 4 is 23.2 Å². The van der Waals surface area contributed by atoms with Crippen molar-refractivity contribution in [3.63, 3.8) is 0 Å². The monoisotopic (exact) mass is 311 g/mol. The van der Waals surface area contributed by atoms with E-state index in [-0.39, 0.29) is 6.04 Å². The maximum Gasteiger partial charge on any atom is 0.105 e. The Labute approximate surface area is 130 Å². The van der Waals surface area contributed by atoms with Crippen molar-refractivity contribution in [2.75, 3.05) is 6.54 Å². The van der Waals surface area contributed by atoms with Crippen LogP contribution in [0.3, 0.4) is 0 Å². The molecule has 1 N–H and O–H groups in total. The minimum atomic E-state index is 0.191. The van der Waals surface area contributed by atoms with Gasteiger partial charge in [-0.15, -0.1) is 0 Å². The number of nitrogens with one attached hydrogen (secondary N) is 1. The first-order valence-corrected chi connectivity index (χ1v) is 7.51. The zero-order chi connectivity index (χ0) is 14.7. The highest BCUT2D eigenvalue weighted by Gasteiger charge is 2.18. The molecule has 1 unspecified atom stereocenters. The molecule has 2 aromatic rings. The molecule has 1 heterocycles. The maximum absolute atomic E-state index is 6.27. The van der Waals surface area contributed by atoms with Crippen LogP contribution in [0, 0.1) is 13.8 Å². The normalized spacial score (nSPS) is 12.7. The molecule has 0 saturated carbocycles. The highest BCUT2D eigenvalue weighted by atomic mass is 35.5. The van der Waals surface area contributed by atoms with Gasteiger partial charge in [0.15, 0.2) is 0 Å². The predicted molar refractivity (Wildman–Crippen MR) is 84.8 cm³/mol. The molecule has 0 aliphatic rings. The summed E-state index contributed by atoms with van der Waals surface area (Å²) in [6, 6.07) is 7.92. The third-order valence-corrected chi connectivity index (χ3v) is 3.93. The van der Waals surface area contributed by atoms with E-state index >= 15 is 0 Å². The van der Waals surface area contributed by atoms with Crippen LogP contribution in [0.25, 0.3) is 0 Å². The average molecular weight is 312 g/mol. The van der Waals surface area contributed by atoms with E-state index in [0.29, 0.717) is 10.0 Å². The molecule has 0 spiro atoms. The number of benzene rings is 1. The van der Waals surface area contributed by atoms with Crippen LogP contribution in [0.15, 0.2) is 28.7 Å². The molecule has 2 nitrogen and oxygen atoms in total. The Morgan fingerprint density at radius 2 is 1.95 bits per heavy atom.